The van der Waals surface area contributed by atoms with Gasteiger partial charge in [-0.2, -0.15) is 0 Å². The molecule has 1 aliphatic heterocycles. The van der Waals surface area contributed by atoms with Crippen molar-refractivity contribution in [2.24, 2.45) is 0 Å². The summed E-state index contributed by atoms with van der Waals surface area (Å²) in [6.45, 7) is 3.05. The van der Waals surface area contributed by atoms with Crippen LogP contribution in [0.1, 0.15) is 36.9 Å². The summed E-state index contributed by atoms with van der Waals surface area (Å²) in [5.74, 6) is 0.918. The maximum absolute atomic E-state index is 5.62. The Bertz CT molecular complexity index is 570. The van der Waals surface area contributed by atoms with Crippen LogP contribution in [0.15, 0.2) is 47.2 Å². The summed E-state index contributed by atoms with van der Waals surface area (Å²) in [6, 6.07) is 9.94. The average molecular weight is 287 g/mol. The summed E-state index contributed by atoms with van der Waals surface area (Å²) in [4.78, 5) is 6.65. The lowest BCUT2D eigenvalue weighted by molar-refractivity contribution is 0.273. The highest BCUT2D eigenvalue weighted by Gasteiger charge is 2.40. The predicted molar refractivity (Wildman–Crippen MR) is 81.2 cm³/mol. The average Bonchev–Trinajstić information content (AvgIpc) is 3.09. The fraction of sp³-hybridized carbons (Fsp3) is 0.333. The number of furan rings is 1. The van der Waals surface area contributed by atoms with Gasteiger partial charge in [-0.1, -0.05) is 13.0 Å². The highest BCUT2D eigenvalue weighted by Crippen LogP contribution is 2.38. The molecule has 0 bridgehead atoms. The third kappa shape index (κ3) is 2.29. The Morgan fingerprint density at radius 2 is 2.25 bits per heavy atom. The number of aromatic nitrogens is 1. The van der Waals surface area contributed by atoms with Crippen LogP contribution in [0.4, 0.5) is 0 Å². The van der Waals surface area contributed by atoms with Gasteiger partial charge in [-0.3, -0.25) is 4.98 Å². The number of hydrogen-bond acceptors (Lipinski definition) is 3. The van der Waals surface area contributed by atoms with Gasteiger partial charge in [0.1, 0.15) is 11.8 Å². The molecule has 5 heteroatoms. The van der Waals surface area contributed by atoms with Crippen molar-refractivity contribution in [3.05, 3.63) is 54.2 Å². The molecule has 2 atom stereocenters. The molecule has 2 aromatic rings. The van der Waals surface area contributed by atoms with Crippen LogP contribution in [0, 0.1) is 0 Å². The van der Waals surface area contributed by atoms with Crippen molar-refractivity contribution in [3.63, 3.8) is 0 Å². The van der Waals surface area contributed by atoms with E-state index in [1.807, 2.05) is 36.5 Å². The first-order chi connectivity index (χ1) is 9.81. The first kappa shape index (κ1) is 13.1. The Kier molecular flexibility index (Phi) is 3.69. The van der Waals surface area contributed by atoms with Gasteiger partial charge < -0.3 is 14.6 Å². The minimum Gasteiger partial charge on any atom is -0.467 e. The molecular weight excluding hydrogens is 270 g/mol. The Morgan fingerprint density at radius 3 is 2.90 bits per heavy atom. The van der Waals surface area contributed by atoms with Crippen LogP contribution in [0.25, 0.3) is 0 Å². The molecule has 104 valence electrons. The molecule has 1 N–H and O–H groups in total. The summed E-state index contributed by atoms with van der Waals surface area (Å²) >= 11 is 5.48. The second kappa shape index (κ2) is 5.63. The lowest BCUT2D eigenvalue weighted by atomic mass is 10.0. The second-order valence-electron chi connectivity index (χ2n) is 4.84. The van der Waals surface area contributed by atoms with Crippen molar-refractivity contribution in [2.45, 2.75) is 25.4 Å². The largest absolute Gasteiger partial charge is 0.467 e. The van der Waals surface area contributed by atoms with Crippen molar-refractivity contribution >= 4 is 17.3 Å². The monoisotopic (exact) mass is 287 g/mol. The molecule has 3 heterocycles. The summed E-state index contributed by atoms with van der Waals surface area (Å²) in [5.41, 5.74) is 0.981. The zero-order valence-corrected chi connectivity index (χ0v) is 12.1. The Hall–Kier alpha value is -1.88. The van der Waals surface area contributed by atoms with Crippen molar-refractivity contribution < 1.29 is 4.42 Å². The molecule has 1 saturated heterocycles. The molecule has 2 unspecified atom stereocenters. The maximum Gasteiger partial charge on any atom is 0.170 e. The second-order valence-corrected chi connectivity index (χ2v) is 5.22. The molecule has 2 aromatic heterocycles. The van der Waals surface area contributed by atoms with Crippen molar-refractivity contribution in [1.82, 2.24) is 15.2 Å². The van der Waals surface area contributed by atoms with E-state index < -0.39 is 0 Å². The molecule has 0 spiro atoms. The lowest BCUT2D eigenvalue weighted by Crippen LogP contribution is -2.30. The zero-order chi connectivity index (χ0) is 13.9. The van der Waals surface area contributed by atoms with E-state index in [1.54, 1.807) is 6.26 Å². The molecule has 0 aromatic carbocycles. The molecule has 0 aliphatic carbocycles. The fourth-order valence-corrected chi connectivity index (χ4v) is 2.99. The van der Waals surface area contributed by atoms with Gasteiger partial charge in [0, 0.05) is 12.7 Å². The SMILES string of the molecule is CCCN1C(=S)NC(c2ccccn2)C1c1ccco1. The van der Waals surface area contributed by atoms with Gasteiger partial charge in [-0.15, -0.1) is 0 Å². The van der Waals surface area contributed by atoms with E-state index in [0.717, 1.165) is 29.5 Å². The molecule has 0 amide bonds. The smallest absolute Gasteiger partial charge is 0.170 e. The van der Waals surface area contributed by atoms with Crippen LogP contribution < -0.4 is 5.32 Å². The third-order valence-corrected chi connectivity index (χ3v) is 3.85. The maximum atomic E-state index is 5.62. The van der Waals surface area contributed by atoms with Crippen molar-refractivity contribution in [1.29, 1.82) is 0 Å². The van der Waals surface area contributed by atoms with Gasteiger partial charge >= 0.3 is 0 Å². The number of pyridine rings is 1. The highest BCUT2D eigenvalue weighted by atomic mass is 32.1. The van der Waals surface area contributed by atoms with Crippen LogP contribution >= 0.6 is 12.2 Å². The molecule has 20 heavy (non-hydrogen) atoms. The van der Waals surface area contributed by atoms with Crippen LogP contribution in [0.3, 0.4) is 0 Å². The molecular formula is C15H17N3OS. The van der Waals surface area contributed by atoms with E-state index in [2.05, 4.69) is 22.1 Å². The van der Waals surface area contributed by atoms with Crippen LogP contribution in [0.5, 0.6) is 0 Å². The number of nitrogens with zero attached hydrogens (tertiary/aromatic N) is 2. The van der Waals surface area contributed by atoms with Crippen molar-refractivity contribution in [2.75, 3.05) is 6.54 Å². The highest BCUT2D eigenvalue weighted by molar-refractivity contribution is 7.80. The molecule has 1 aliphatic rings. The molecule has 4 nitrogen and oxygen atoms in total. The first-order valence-electron chi connectivity index (χ1n) is 6.82. The molecule has 1 fully saturated rings. The third-order valence-electron chi connectivity index (χ3n) is 3.50. The number of hydrogen-bond donors (Lipinski definition) is 1. The minimum atomic E-state index is 0.0291. The zero-order valence-electron chi connectivity index (χ0n) is 11.3. The Morgan fingerprint density at radius 1 is 1.35 bits per heavy atom. The minimum absolute atomic E-state index is 0.0291. The van der Waals surface area contributed by atoms with E-state index in [9.17, 15) is 0 Å². The summed E-state index contributed by atoms with van der Waals surface area (Å²) < 4.78 is 5.62. The molecule has 0 radical (unpaired) electrons. The van der Waals surface area contributed by atoms with Gasteiger partial charge in [0.05, 0.1) is 18.0 Å². The quantitative estimate of drug-likeness (QED) is 0.875. The summed E-state index contributed by atoms with van der Waals surface area (Å²) in [6.07, 6.45) is 4.55. The van der Waals surface area contributed by atoms with Gasteiger partial charge in [0.15, 0.2) is 5.11 Å². The molecule has 0 saturated carbocycles. The number of thiocarbonyl (C=S) groups is 1. The fourth-order valence-electron chi connectivity index (χ4n) is 2.66. The Balaban J connectivity index is 1.99. The normalized spacial score (nSPS) is 22.1. The van der Waals surface area contributed by atoms with Gasteiger partial charge in [-0.05, 0) is 42.9 Å². The van der Waals surface area contributed by atoms with Gasteiger partial charge in [0.2, 0.25) is 0 Å². The topological polar surface area (TPSA) is 41.3 Å². The van der Waals surface area contributed by atoms with Gasteiger partial charge in [0.25, 0.3) is 0 Å². The van der Waals surface area contributed by atoms with E-state index >= 15 is 0 Å². The van der Waals surface area contributed by atoms with E-state index in [1.165, 1.54) is 0 Å². The Labute approximate surface area is 123 Å². The van der Waals surface area contributed by atoms with Crippen LogP contribution in [-0.2, 0) is 0 Å². The van der Waals surface area contributed by atoms with Gasteiger partial charge in [-0.25, -0.2) is 0 Å². The first-order valence-corrected chi connectivity index (χ1v) is 7.23. The van der Waals surface area contributed by atoms with Crippen molar-refractivity contribution in [3.8, 4) is 0 Å². The van der Waals surface area contributed by atoms with Crippen LogP contribution in [0.2, 0.25) is 0 Å². The van der Waals surface area contributed by atoms with E-state index in [0.29, 0.717) is 0 Å². The standard InChI is InChI=1S/C15H17N3OS/c1-2-9-18-14(12-7-5-10-19-12)13(17-15(18)20)11-6-3-4-8-16-11/h3-8,10,13-14H,2,9H2,1H3,(H,17,20). The number of rotatable bonds is 4. The summed E-state index contributed by atoms with van der Waals surface area (Å²) in [5, 5.41) is 4.15. The predicted octanol–water partition coefficient (Wildman–Crippen LogP) is 3.06. The summed E-state index contributed by atoms with van der Waals surface area (Å²) in [7, 11) is 0. The molecule has 3 rings (SSSR count). The lowest BCUT2D eigenvalue weighted by Gasteiger charge is -2.25. The van der Waals surface area contributed by atoms with E-state index in [4.69, 9.17) is 16.6 Å². The van der Waals surface area contributed by atoms with Crippen LogP contribution in [-0.4, -0.2) is 21.5 Å². The number of nitrogens with one attached hydrogen (secondary N) is 1. The van der Waals surface area contributed by atoms with E-state index in [-0.39, 0.29) is 12.1 Å².